The number of carbonyl (C=O) groups excluding carboxylic acids is 4. The van der Waals surface area contributed by atoms with Crippen LogP contribution in [0.3, 0.4) is 0 Å². The molecular weight excluding hydrogens is 1310 g/mol. The SMILES string of the molecule is C[C@@H](N1CN(C(=O)OC(C)(C)C)n2cc(Br)c(=O)c(OCc3ccccc3)c2C1=O)C(F)(F)F.C[C@@H](N1CNn2cc(Br)c(=O)c(OCc3ccccc3)c2C1=O)C(F)(F)F.C[C@@H](N1CNn2ccc(=O)c(OCc3ccccc3)c2C1=O)C(F)(F)F. The fourth-order valence-corrected chi connectivity index (χ4v) is 9.08. The van der Waals surface area contributed by atoms with Gasteiger partial charge in [0.25, 0.3) is 17.7 Å². The van der Waals surface area contributed by atoms with Crippen molar-refractivity contribution < 1.29 is 77.6 Å². The number of alkyl halides is 9. The molecule has 4 amide bonds. The zero-order chi connectivity index (χ0) is 64.1. The summed E-state index contributed by atoms with van der Waals surface area (Å²) in [6.45, 7) is 5.75. The van der Waals surface area contributed by atoms with Crippen molar-refractivity contribution >= 4 is 55.7 Å². The lowest BCUT2D eigenvalue weighted by Gasteiger charge is -2.41. The summed E-state index contributed by atoms with van der Waals surface area (Å²) in [7, 11) is 0. The predicted molar refractivity (Wildman–Crippen MR) is 303 cm³/mol. The van der Waals surface area contributed by atoms with Gasteiger partial charge in [0, 0.05) is 24.7 Å². The Morgan fingerprint density at radius 2 is 0.885 bits per heavy atom. The number of fused-ring (bicyclic) bond motifs is 3. The van der Waals surface area contributed by atoms with E-state index in [9.17, 15) is 73.1 Å². The summed E-state index contributed by atoms with van der Waals surface area (Å²) in [5.74, 6) is -4.06. The molecule has 0 unspecified atom stereocenters. The van der Waals surface area contributed by atoms with Crippen molar-refractivity contribution in [2.75, 3.05) is 35.9 Å². The lowest BCUT2D eigenvalue weighted by Crippen LogP contribution is -2.61. The fraction of sp³-hybridized carbons (Fsp3) is 0.339. The van der Waals surface area contributed by atoms with Crippen LogP contribution in [0.2, 0.25) is 0 Å². The van der Waals surface area contributed by atoms with E-state index in [1.54, 1.807) is 99.6 Å². The molecule has 3 aromatic heterocycles. The highest BCUT2D eigenvalue weighted by Crippen LogP contribution is 2.34. The van der Waals surface area contributed by atoms with Crippen LogP contribution in [-0.4, -0.2) is 115 Å². The maximum absolute atomic E-state index is 13.6. The molecule has 31 heteroatoms. The molecule has 3 aromatic carbocycles. The molecule has 3 aliphatic rings. The number of nitrogens with one attached hydrogen (secondary N) is 2. The minimum Gasteiger partial charge on any atom is -0.482 e. The van der Waals surface area contributed by atoms with Crippen LogP contribution in [0.5, 0.6) is 17.2 Å². The van der Waals surface area contributed by atoms with E-state index < -0.39 is 100 Å². The summed E-state index contributed by atoms with van der Waals surface area (Å²) in [6, 6.07) is 21.4. The minimum atomic E-state index is -4.78. The van der Waals surface area contributed by atoms with E-state index in [2.05, 4.69) is 42.7 Å². The van der Waals surface area contributed by atoms with Gasteiger partial charge in [0.1, 0.15) is 63.6 Å². The molecule has 3 aliphatic heterocycles. The molecule has 0 aliphatic carbocycles. The molecule has 0 saturated carbocycles. The first kappa shape index (κ1) is 66.1. The predicted octanol–water partition coefficient (Wildman–Crippen LogP) is 9.86. The standard InChI is InChI=1S/C22H23BrF3N3O5.C17H15BrF3N3O3.C17H16F3N3O3/c1-13(22(24,25)26)27-12-29(20(32)34-21(2,3)4)28-10-15(23)17(30)18(16(28)19(27)31)33-11-14-8-6-5-7-9-14;1-10(17(19,20)21)23-9-22-24-7-12(18)14(25)15(13(24)16(23)26)27-8-11-5-3-2-4-6-11;1-11(17(18,19)20)22-10-21-23-8-7-13(24)15(14(23)16(22)25)26-9-12-5-3-2-4-6-12/h5-10,13H,11-12H2,1-4H3;2-7,10,22H,8-9H2,1H3;2-8,11,21H,9-10H2,1H3/t13-;10-;11-/m111/s1. The third-order valence-electron chi connectivity index (χ3n) is 13.1. The van der Waals surface area contributed by atoms with Gasteiger partial charge >= 0.3 is 24.6 Å². The van der Waals surface area contributed by atoms with Crippen molar-refractivity contribution in [1.29, 1.82) is 0 Å². The van der Waals surface area contributed by atoms with Gasteiger partial charge in [-0.15, -0.1) is 0 Å². The average molecular weight is 1360 g/mol. The number of benzene rings is 3. The molecule has 0 spiro atoms. The molecule has 0 radical (unpaired) electrons. The van der Waals surface area contributed by atoms with Crippen molar-refractivity contribution in [1.82, 2.24) is 28.7 Å². The third kappa shape index (κ3) is 15.6. The highest BCUT2D eigenvalue weighted by molar-refractivity contribution is 9.10. The summed E-state index contributed by atoms with van der Waals surface area (Å²) in [4.78, 5) is 90.7. The van der Waals surface area contributed by atoms with Gasteiger partial charge in [-0.25, -0.2) is 9.47 Å². The quantitative estimate of drug-likeness (QED) is 0.110. The number of carbonyl (C=O) groups is 4. The van der Waals surface area contributed by atoms with Gasteiger partial charge in [-0.2, -0.15) is 44.5 Å². The van der Waals surface area contributed by atoms with Crippen LogP contribution in [0.15, 0.2) is 139 Å². The fourth-order valence-electron chi connectivity index (χ4n) is 8.32. The smallest absolute Gasteiger partial charge is 0.431 e. The average Bonchev–Trinajstić information content (AvgIpc) is 0.818. The molecule has 3 atom stereocenters. The second-order valence-electron chi connectivity index (χ2n) is 20.4. The Morgan fingerprint density at radius 1 is 0.517 bits per heavy atom. The van der Waals surface area contributed by atoms with Gasteiger partial charge in [0.15, 0.2) is 34.3 Å². The summed E-state index contributed by atoms with van der Waals surface area (Å²) >= 11 is 6.18. The normalized spacial score (nSPS) is 15.2. The second-order valence-corrected chi connectivity index (χ2v) is 22.1. The molecule has 6 heterocycles. The number of amides is 4. The highest BCUT2D eigenvalue weighted by Gasteiger charge is 2.49. The summed E-state index contributed by atoms with van der Waals surface area (Å²) in [5.41, 5.74) is 3.54. The number of rotatable bonds is 12. The Hall–Kier alpha value is -8.48. The van der Waals surface area contributed by atoms with Crippen LogP contribution in [0.25, 0.3) is 0 Å². The van der Waals surface area contributed by atoms with Gasteiger partial charge in [-0.3, -0.25) is 38.1 Å². The first-order chi connectivity index (χ1) is 40.7. The Labute approximate surface area is 505 Å². The lowest BCUT2D eigenvalue weighted by molar-refractivity contribution is -0.173. The van der Waals surface area contributed by atoms with E-state index in [0.29, 0.717) is 20.3 Å². The molecular formula is C56H54Br2F9N9O11. The highest BCUT2D eigenvalue weighted by atomic mass is 79.9. The van der Waals surface area contributed by atoms with Crippen molar-refractivity contribution in [2.45, 2.75) is 104 Å². The Morgan fingerprint density at radius 3 is 1.31 bits per heavy atom. The molecule has 0 bridgehead atoms. The van der Waals surface area contributed by atoms with Crippen LogP contribution < -0.4 is 46.4 Å². The van der Waals surface area contributed by atoms with Gasteiger partial charge < -0.3 is 44.5 Å². The number of aromatic nitrogens is 3. The monoisotopic (exact) mass is 1360 g/mol. The summed E-state index contributed by atoms with van der Waals surface area (Å²) in [6.07, 6.45) is -11.3. The van der Waals surface area contributed by atoms with Crippen LogP contribution >= 0.6 is 31.9 Å². The summed E-state index contributed by atoms with van der Waals surface area (Å²) < 4.78 is 144. The molecule has 6 aromatic rings. The van der Waals surface area contributed by atoms with Crippen LogP contribution in [0.4, 0.5) is 44.3 Å². The van der Waals surface area contributed by atoms with Gasteiger partial charge in [-0.05, 0) is 90.1 Å². The Kier molecular flexibility index (Phi) is 20.2. The first-order valence-electron chi connectivity index (χ1n) is 26.0. The van der Waals surface area contributed by atoms with Crippen LogP contribution in [0.1, 0.15) is 89.7 Å². The molecule has 2 N–H and O–H groups in total. The Balaban J connectivity index is 0.000000189. The number of hydrogen-bond acceptors (Lipinski definition) is 13. The van der Waals surface area contributed by atoms with E-state index in [4.69, 9.17) is 18.9 Å². The van der Waals surface area contributed by atoms with E-state index in [1.807, 2.05) is 12.1 Å². The number of hydrogen-bond donors (Lipinski definition) is 2. The van der Waals surface area contributed by atoms with Crippen molar-refractivity contribution in [2.24, 2.45) is 0 Å². The number of ether oxygens (including phenoxy) is 4. The first-order valence-corrected chi connectivity index (χ1v) is 27.6. The molecule has 0 saturated heterocycles. The molecule has 9 rings (SSSR count). The van der Waals surface area contributed by atoms with E-state index in [-0.39, 0.29) is 65.0 Å². The van der Waals surface area contributed by atoms with Crippen LogP contribution in [0, 0.1) is 0 Å². The van der Waals surface area contributed by atoms with E-state index in [0.717, 1.165) is 47.8 Å². The topological polar surface area (TPSA) is 208 Å². The number of halogens is 11. The Bertz CT molecular complexity index is 3680. The van der Waals surface area contributed by atoms with Gasteiger partial charge in [0.2, 0.25) is 16.3 Å². The maximum Gasteiger partial charge on any atom is 0.431 e. The largest absolute Gasteiger partial charge is 0.482 e. The molecule has 0 fully saturated rings. The van der Waals surface area contributed by atoms with E-state index >= 15 is 0 Å². The zero-order valence-electron chi connectivity index (χ0n) is 46.7. The van der Waals surface area contributed by atoms with E-state index in [1.165, 1.54) is 27.8 Å². The molecule has 87 heavy (non-hydrogen) atoms. The van der Waals surface area contributed by atoms with Gasteiger partial charge in [-0.1, -0.05) is 91.0 Å². The van der Waals surface area contributed by atoms with Gasteiger partial charge in [0.05, 0.1) is 8.95 Å². The lowest BCUT2D eigenvalue weighted by atomic mass is 10.2. The van der Waals surface area contributed by atoms with Crippen molar-refractivity contribution in [3.05, 3.63) is 189 Å². The second kappa shape index (κ2) is 26.6. The summed E-state index contributed by atoms with van der Waals surface area (Å²) in [5, 5.41) is 0.809. The maximum atomic E-state index is 13.6. The molecule has 20 nitrogen and oxygen atoms in total. The number of nitrogens with zero attached hydrogens (tertiary/aromatic N) is 7. The minimum absolute atomic E-state index is 0.00912. The van der Waals surface area contributed by atoms with Crippen LogP contribution in [-0.2, 0) is 24.6 Å². The zero-order valence-corrected chi connectivity index (χ0v) is 49.9. The third-order valence-corrected chi connectivity index (χ3v) is 14.3. The number of pyridine rings is 3. The molecule has 466 valence electrons. The van der Waals surface area contributed by atoms with Crippen molar-refractivity contribution in [3.63, 3.8) is 0 Å². The van der Waals surface area contributed by atoms with Crippen molar-refractivity contribution in [3.8, 4) is 17.2 Å².